The quantitative estimate of drug-likeness (QED) is 0.446. The molecule has 4 heteroatoms. The highest BCUT2D eigenvalue weighted by molar-refractivity contribution is 5.81. The normalized spacial score (nSPS) is 22.1. The lowest BCUT2D eigenvalue weighted by Gasteiger charge is -2.28. The molecule has 2 aliphatic rings. The van der Waals surface area contributed by atoms with Gasteiger partial charge in [0, 0.05) is 11.1 Å². The number of para-hydroxylation sites is 1. The fourth-order valence-electron chi connectivity index (χ4n) is 4.88. The molecule has 0 aromatic heterocycles. The number of benzene rings is 2. The zero-order valence-electron chi connectivity index (χ0n) is 19.4. The van der Waals surface area contributed by atoms with Gasteiger partial charge in [0.2, 0.25) is 11.9 Å². The summed E-state index contributed by atoms with van der Waals surface area (Å²) in [4.78, 5) is 6.38. The maximum atomic E-state index is 14.0. The average Bonchev–Trinajstić information content (AvgIpc) is 2.75. The second kappa shape index (κ2) is 9.42. The van der Waals surface area contributed by atoms with Gasteiger partial charge in [-0.25, -0.2) is 4.39 Å². The SMILES string of the molecule is CC1CCCCCCC(C)c2cccc(C(C)C)c2[N+]2=Cc3cc(F)ccc3ON2C1. The number of hydrogen-bond donors (Lipinski definition) is 0. The Kier molecular flexibility index (Phi) is 6.64. The maximum absolute atomic E-state index is 14.0. The number of hydroxylamine groups is 1. The summed E-state index contributed by atoms with van der Waals surface area (Å²) < 4.78 is 16.2. The molecule has 2 aliphatic heterocycles. The molecule has 0 bridgehead atoms. The summed E-state index contributed by atoms with van der Waals surface area (Å²) in [5.74, 6) is 1.81. The van der Waals surface area contributed by atoms with Crippen LogP contribution in [0.25, 0.3) is 0 Å². The first-order valence-electron chi connectivity index (χ1n) is 12.0. The van der Waals surface area contributed by atoms with Crippen molar-refractivity contribution in [3.8, 4) is 5.75 Å². The van der Waals surface area contributed by atoms with E-state index in [2.05, 4.69) is 56.8 Å². The van der Waals surface area contributed by atoms with Crippen LogP contribution in [0.15, 0.2) is 36.4 Å². The fourth-order valence-corrected chi connectivity index (χ4v) is 4.88. The summed E-state index contributed by atoms with van der Waals surface area (Å²) in [5.41, 5.74) is 4.64. The van der Waals surface area contributed by atoms with E-state index >= 15 is 0 Å². The van der Waals surface area contributed by atoms with Crippen molar-refractivity contribution in [2.45, 2.75) is 78.1 Å². The van der Waals surface area contributed by atoms with E-state index in [1.807, 2.05) is 5.17 Å². The fraction of sp³-hybridized carbons (Fsp3) is 0.519. The Bertz CT molecular complexity index is 952. The number of rotatable bonds is 1. The smallest absolute Gasteiger partial charge is 0.245 e. The Morgan fingerprint density at radius 3 is 2.58 bits per heavy atom. The van der Waals surface area contributed by atoms with Gasteiger partial charge >= 0.3 is 0 Å². The molecule has 0 radical (unpaired) electrons. The third-order valence-electron chi connectivity index (χ3n) is 6.71. The van der Waals surface area contributed by atoms with Gasteiger partial charge in [-0.2, -0.15) is 0 Å². The van der Waals surface area contributed by atoms with Gasteiger partial charge < -0.3 is 4.84 Å². The molecule has 0 N–H and O–H groups in total. The van der Waals surface area contributed by atoms with Crippen LogP contribution in [0.4, 0.5) is 10.1 Å². The second-order valence-corrected chi connectivity index (χ2v) is 9.72. The van der Waals surface area contributed by atoms with Gasteiger partial charge in [0.15, 0.2) is 5.75 Å². The van der Waals surface area contributed by atoms with Crippen LogP contribution < -0.4 is 4.84 Å². The zero-order valence-corrected chi connectivity index (χ0v) is 19.4. The Morgan fingerprint density at radius 1 is 1.03 bits per heavy atom. The molecule has 2 aromatic rings. The molecule has 0 saturated carbocycles. The third kappa shape index (κ3) is 4.78. The highest BCUT2D eigenvalue weighted by Crippen LogP contribution is 2.39. The molecule has 0 spiro atoms. The Hall–Kier alpha value is -2.36. The lowest BCUT2D eigenvalue weighted by Crippen LogP contribution is -2.42. The van der Waals surface area contributed by atoms with Crippen LogP contribution in [0.3, 0.4) is 0 Å². The van der Waals surface area contributed by atoms with E-state index in [1.165, 1.54) is 61.4 Å². The first-order valence-corrected chi connectivity index (χ1v) is 12.0. The van der Waals surface area contributed by atoms with Crippen molar-refractivity contribution in [1.29, 1.82) is 0 Å². The monoisotopic (exact) mass is 423 g/mol. The van der Waals surface area contributed by atoms with E-state index in [-0.39, 0.29) is 5.82 Å². The molecule has 2 aromatic carbocycles. The molecule has 166 valence electrons. The molecule has 2 atom stereocenters. The van der Waals surface area contributed by atoms with Gasteiger partial charge in [0.1, 0.15) is 12.4 Å². The minimum absolute atomic E-state index is 0.239. The van der Waals surface area contributed by atoms with Crippen LogP contribution in [0.1, 0.15) is 94.7 Å². The number of hydrazone groups is 1. The van der Waals surface area contributed by atoms with Gasteiger partial charge in [-0.05, 0) is 58.7 Å². The number of fused-ring (bicyclic) bond motifs is 4. The van der Waals surface area contributed by atoms with Crippen molar-refractivity contribution in [2.75, 3.05) is 6.54 Å². The first-order chi connectivity index (χ1) is 14.9. The van der Waals surface area contributed by atoms with Gasteiger partial charge in [0.05, 0.1) is 5.56 Å². The Morgan fingerprint density at radius 2 is 1.81 bits per heavy atom. The minimum atomic E-state index is -0.239. The molecule has 31 heavy (non-hydrogen) atoms. The number of hydrazine groups is 1. The van der Waals surface area contributed by atoms with Gasteiger partial charge in [0.25, 0.3) is 0 Å². The molecule has 2 unspecified atom stereocenters. The van der Waals surface area contributed by atoms with Crippen molar-refractivity contribution in [3.63, 3.8) is 0 Å². The molecule has 0 fully saturated rings. The minimum Gasteiger partial charge on any atom is -0.331 e. The summed E-state index contributed by atoms with van der Waals surface area (Å²) >= 11 is 0. The zero-order chi connectivity index (χ0) is 22.0. The molecule has 0 amide bonds. The molecular weight excluding hydrogens is 387 g/mol. The number of hydrogen-bond acceptors (Lipinski definition) is 2. The summed E-state index contributed by atoms with van der Waals surface area (Å²) in [5, 5.41) is 2.00. The molecule has 0 aliphatic carbocycles. The first kappa shape index (κ1) is 21.9. The molecular formula is C27H36FN2O+. The van der Waals surface area contributed by atoms with E-state index in [0.717, 1.165) is 12.1 Å². The van der Waals surface area contributed by atoms with Crippen LogP contribution in [-0.4, -0.2) is 22.6 Å². The predicted octanol–water partition coefficient (Wildman–Crippen LogP) is 7.33. The van der Waals surface area contributed by atoms with Crippen molar-refractivity contribution in [2.24, 2.45) is 5.92 Å². The average molecular weight is 424 g/mol. The molecule has 0 saturated heterocycles. The van der Waals surface area contributed by atoms with Crippen molar-refractivity contribution in [3.05, 3.63) is 58.9 Å². The van der Waals surface area contributed by atoms with Gasteiger partial charge in [-0.3, -0.25) is 0 Å². The van der Waals surface area contributed by atoms with E-state index < -0.39 is 0 Å². The van der Waals surface area contributed by atoms with Crippen molar-refractivity contribution in [1.82, 2.24) is 5.17 Å². The van der Waals surface area contributed by atoms with Gasteiger partial charge in [-0.1, -0.05) is 71.6 Å². The summed E-state index contributed by atoms with van der Waals surface area (Å²) in [6.07, 6.45) is 9.57. The number of nitrogens with zero attached hydrogens (tertiary/aromatic N) is 2. The van der Waals surface area contributed by atoms with E-state index in [1.54, 1.807) is 12.1 Å². The van der Waals surface area contributed by atoms with E-state index in [4.69, 9.17) is 4.84 Å². The molecule has 3 nitrogen and oxygen atoms in total. The molecule has 4 rings (SSSR count). The topological polar surface area (TPSA) is 15.5 Å². The van der Waals surface area contributed by atoms with Crippen LogP contribution in [0.5, 0.6) is 5.75 Å². The van der Waals surface area contributed by atoms with Crippen LogP contribution in [0, 0.1) is 11.7 Å². The number of halogens is 1. The summed E-state index contributed by atoms with van der Waals surface area (Å²) in [7, 11) is 0. The Balaban J connectivity index is 1.91. The lowest BCUT2D eigenvalue weighted by molar-refractivity contribution is -0.691. The van der Waals surface area contributed by atoms with Crippen molar-refractivity contribution < 1.29 is 13.9 Å². The van der Waals surface area contributed by atoms with Crippen LogP contribution in [0.2, 0.25) is 0 Å². The van der Waals surface area contributed by atoms with Gasteiger partial charge in [-0.15, -0.1) is 0 Å². The third-order valence-corrected chi connectivity index (χ3v) is 6.71. The second-order valence-electron chi connectivity index (χ2n) is 9.72. The highest BCUT2D eigenvalue weighted by Gasteiger charge is 2.35. The van der Waals surface area contributed by atoms with E-state index in [9.17, 15) is 4.39 Å². The van der Waals surface area contributed by atoms with Crippen LogP contribution >= 0.6 is 0 Å². The predicted molar refractivity (Wildman–Crippen MR) is 125 cm³/mol. The maximum Gasteiger partial charge on any atom is 0.245 e. The summed E-state index contributed by atoms with van der Waals surface area (Å²) in [6.45, 7) is 9.93. The Labute approximate surface area is 186 Å². The molecule has 2 heterocycles. The summed E-state index contributed by atoms with van der Waals surface area (Å²) in [6, 6.07) is 11.5. The largest absolute Gasteiger partial charge is 0.331 e. The standard InChI is InChI=1S/C27H36FN2O/c1-19(2)24-12-9-13-25-21(4)11-8-6-5-7-10-20(3)17-30-29(27(24)25)18-22-16-23(28)14-15-26(22)31-30/h9,12-16,18-21H,5-8,10-11,17H2,1-4H3/q+1. The van der Waals surface area contributed by atoms with Crippen LogP contribution in [-0.2, 0) is 0 Å². The van der Waals surface area contributed by atoms with Crippen molar-refractivity contribution >= 4 is 11.9 Å². The van der Waals surface area contributed by atoms with E-state index in [0.29, 0.717) is 23.5 Å². The lowest BCUT2D eigenvalue weighted by atomic mass is 9.89. The highest BCUT2D eigenvalue weighted by atomic mass is 19.1.